The predicted octanol–water partition coefficient (Wildman–Crippen LogP) is 3.15. The van der Waals surface area contributed by atoms with Crippen LogP contribution in [0.1, 0.15) is 31.7 Å². The summed E-state index contributed by atoms with van der Waals surface area (Å²) in [7, 11) is 0. The van der Waals surface area contributed by atoms with E-state index in [-0.39, 0.29) is 12.0 Å². The maximum Gasteiger partial charge on any atom is 0.261 e. The lowest BCUT2D eigenvalue weighted by Crippen LogP contribution is -2.39. The molecule has 1 aromatic carbocycles. The molecule has 0 fully saturated rings. The molecule has 1 aliphatic heterocycles. The van der Waals surface area contributed by atoms with E-state index >= 15 is 0 Å². The monoisotopic (exact) mass is 295 g/mol. The molecule has 4 heteroatoms. The minimum absolute atomic E-state index is 0.0168. The molecule has 0 radical (unpaired) electrons. The molecule has 2 unspecified atom stereocenters. The SMILES string of the molecule is CCCC(CCCl)CNC(=O)C1Cc2ccccc2O1. The number of ether oxygens (including phenoxy) is 1. The number of amides is 1. The molecule has 1 aromatic rings. The lowest BCUT2D eigenvalue weighted by Gasteiger charge is -2.17. The zero-order chi connectivity index (χ0) is 14.4. The van der Waals surface area contributed by atoms with Gasteiger partial charge in [0.2, 0.25) is 0 Å². The van der Waals surface area contributed by atoms with Crippen LogP contribution in [0.15, 0.2) is 24.3 Å². The first kappa shape index (κ1) is 15.2. The summed E-state index contributed by atoms with van der Waals surface area (Å²) in [6.07, 6.45) is 3.43. The van der Waals surface area contributed by atoms with Gasteiger partial charge in [0.1, 0.15) is 5.75 Å². The van der Waals surface area contributed by atoms with Crippen LogP contribution in [0, 0.1) is 5.92 Å². The summed E-state index contributed by atoms with van der Waals surface area (Å²) in [5, 5.41) is 3.01. The fourth-order valence-electron chi connectivity index (χ4n) is 2.60. The van der Waals surface area contributed by atoms with Crippen LogP contribution >= 0.6 is 11.6 Å². The molecule has 0 bridgehead atoms. The summed E-state index contributed by atoms with van der Waals surface area (Å²) in [4.78, 5) is 12.2. The topological polar surface area (TPSA) is 38.3 Å². The van der Waals surface area contributed by atoms with Crippen LogP contribution < -0.4 is 10.1 Å². The van der Waals surface area contributed by atoms with Crippen LogP contribution in [-0.2, 0) is 11.2 Å². The van der Waals surface area contributed by atoms with Crippen molar-refractivity contribution in [1.29, 1.82) is 0 Å². The summed E-state index contributed by atoms with van der Waals surface area (Å²) in [6.45, 7) is 2.84. The lowest BCUT2D eigenvalue weighted by molar-refractivity contribution is -0.127. The van der Waals surface area contributed by atoms with Gasteiger partial charge in [-0.1, -0.05) is 31.5 Å². The molecule has 110 valence electrons. The van der Waals surface area contributed by atoms with Crippen molar-refractivity contribution < 1.29 is 9.53 Å². The third-order valence-corrected chi connectivity index (χ3v) is 3.94. The van der Waals surface area contributed by atoms with Gasteiger partial charge in [-0.15, -0.1) is 11.6 Å². The van der Waals surface area contributed by atoms with E-state index in [9.17, 15) is 4.79 Å². The van der Waals surface area contributed by atoms with Crippen molar-refractivity contribution in [2.24, 2.45) is 5.92 Å². The number of fused-ring (bicyclic) bond motifs is 1. The fraction of sp³-hybridized carbons (Fsp3) is 0.562. The van der Waals surface area contributed by atoms with E-state index in [1.165, 1.54) is 0 Å². The number of carbonyl (C=O) groups excluding carboxylic acids is 1. The van der Waals surface area contributed by atoms with Gasteiger partial charge < -0.3 is 10.1 Å². The molecular formula is C16H22ClNO2. The Bertz CT molecular complexity index is 419. The lowest BCUT2D eigenvalue weighted by atomic mass is 10.0. The molecule has 0 spiro atoms. The van der Waals surface area contributed by atoms with Crippen LogP contribution in [0.2, 0.25) is 0 Å². The Hall–Kier alpha value is -1.22. The van der Waals surface area contributed by atoms with Gasteiger partial charge in [0.05, 0.1) is 0 Å². The van der Waals surface area contributed by atoms with Gasteiger partial charge in [-0.25, -0.2) is 0 Å². The average molecular weight is 296 g/mol. The molecule has 1 aliphatic rings. The largest absolute Gasteiger partial charge is 0.480 e. The second-order valence-electron chi connectivity index (χ2n) is 5.30. The van der Waals surface area contributed by atoms with Crippen LogP contribution in [0.5, 0.6) is 5.75 Å². The number of rotatable bonds is 7. The number of carbonyl (C=O) groups is 1. The number of hydrogen-bond acceptors (Lipinski definition) is 2. The van der Waals surface area contributed by atoms with Crippen LogP contribution in [0.3, 0.4) is 0 Å². The molecule has 1 amide bonds. The molecule has 3 nitrogen and oxygen atoms in total. The minimum Gasteiger partial charge on any atom is -0.480 e. The molecule has 2 atom stereocenters. The van der Waals surface area contributed by atoms with Crippen molar-refractivity contribution in [3.8, 4) is 5.75 Å². The van der Waals surface area contributed by atoms with Gasteiger partial charge in [-0.3, -0.25) is 4.79 Å². The zero-order valence-electron chi connectivity index (χ0n) is 11.9. The predicted molar refractivity (Wildman–Crippen MR) is 81.3 cm³/mol. The molecular weight excluding hydrogens is 274 g/mol. The standard InChI is InChI=1S/C16H22ClNO2/c1-2-5-12(8-9-17)11-18-16(19)15-10-13-6-3-4-7-14(13)20-15/h3-4,6-7,12,15H,2,5,8-11H2,1H3,(H,18,19). The van der Waals surface area contributed by atoms with Crippen molar-refractivity contribution >= 4 is 17.5 Å². The Morgan fingerprint density at radius 2 is 2.25 bits per heavy atom. The van der Waals surface area contributed by atoms with Gasteiger partial charge in [0, 0.05) is 18.8 Å². The van der Waals surface area contributed by atoms with Crippen molar-refractivity contribution in [1.82, 2.24) is 5.32 Å². The molecule has 20 heavy (non-hydrogen) atoms. The first-order chi connectivity index (χ1) is 9.74. The fourth-order valence-corrected chi connectivity index (χ4v) is 2.91. The Morgan fingerprint density at radius 1 is 1.45 bits per heavy atom. The van der Waals surface area contributed by atoms with Crippen molar-refractivity contribution in [2.45, 2.75) is 38.7 Å². The average Bonchev–Trinajstić information content (AvgIpc) is 2.89. The Balaban J connectivity index is 1.81. The highest BCUT2D eigenvalue weighted by Gasteiger charge is 2.28. The van der Waals surface area contributed by atoms with E-state index in [1.54, 1.807) is 0 Å². The van der Waals surface area contributed by atoms with E-state index in [0.29, 0.717) is 24.8 Å². The minimum atomic E-state index is -0.384. The molecule has 2 rings (SSSR count). The van der Waals surface area contributed by atoms with E-state index in [1.807, 2.05) is 24.3 Å². The summed E-state index contributed by atoms with van der Waals surface area (Å²) in [5.41, 5.74) is 1.11. The summed E-state index contributed by atoms with van der Waals surface area (Å²) in [6, 6.07) is 7.82. The van der Waals surface area contributed by atoms with Gasteiger partial charge in [0.15, 0.2) is 6.10 Å². The smallest absolute Gasteiger partial charge is 0.261 e. The first-order valence-electron chi connectivity index (χ1n) is 7.32. The summed E-state index contributed by atoms with van der Waals surface area (Å²) < 4.78 is 5.68. The summed E-state index contributed by atoms with van der Waals surface area (Å²) >= 11 is 5.80. The second-order valence-corrected chi connectivity index (χ2v) is 5.67. The van der Waals surface area contributed by atoms with Crippen LogP contribution in [0.25, 0.3) is 0 Å². The van der Waals surface area contributed by atoms with E-state index in [0.717, 1.165) is 30.6 Å². The quantitative estimate of drug-likeness (QED) is 0.785. The highest BCUT2D eigenvalue weighted by atomic mass is 35.5. The van der Waals surface area contributed by atoms with Crippen molar-refractivity contribution in [3.63, 3.8) is 0 Å². The Morgan fingerprint density at radius 3 is 2.95 bits per heavy atom. The van der Waals surface area contributed by atoms with Crippen molar-refractivity contribution in [3.05, 3.63) is 29.8 Å². The Labute approximate surface area is 125 Å². The zero-order valence-corrected chi connectivity index (χ0v) is 12.7. The van der Waals surface area contributed by atoms with Gasteiger partial charge in [-0.2, -0.15) is 0 Å². The first-order valence-corrected chi connectivity index (χ1v) is 7.86. The van der Waals surface area contributed by atoms with E-state index in [2.05, 4.69) is 12.2 Å². The van der Waals surface area contributed by atoms with Crippen LogP contribution in [0.4, 0.5) is 0 Å². The van der Waals surface area contributed by atoms with Gasteiger partial charge in [0.25, 0.3) is 5.91 Å². The maximum atomic E-state index is 12.2. The number of nitrogens with one attached hydrogen (secondary N) is 1. The molecule has 0 saturated carbocycles. The third kappa shape index (κ3) is 3.89. The number of halogens is 1. The molecule has 1 heterocycles. The number of benzene rings is 1. The summed E-state index contributed by atoms with van der Waals surface area (Å²) in [5.74, 6) is 1.92. The highest BCUT2D eigenvalue weighted by Crippen LogP contribution is 2.28. The third-order valence-electron chi connectivity index (χ3n) is 3.72. The molecule has 1 N–H and O–H groups in total. The van der Waals surface area contributed by atoms with E-state index < -0.39 is 0 Å². The second kappa shape index (κ2) is 7.53. The molecule has 0 aliphatic carbocycles. The van der Waals surface area contributed by atoms with Gasteiger partial charge >= 0.3 is 0 Å². The normalized spacial score (nSPS) is 18.2. The molecule has 0 saturated heterocycles. The molecule has 0 aromatic heterocycles. The van der Waals surface area contributed by atoms with E-state index in [4.69, 9.17) is 16.3 Å². The number of hydrogen-bond donors (Lipinski definition) is 1. The number of alkyl halides is 1. The Kier molecular flexibility index (Phi) is 5.72. The van der Waals surface area contributed by atoms with Crippen molar-refractivity contribution in [2.75, 3.05) is 12.4 Å². The van der Waals surface area contributed by atoms with Gasteiger partial charge in [-0.05, 0) is 30.4 Å². The number of para-hydroxylation sites is 1. The van der Waals surface area contributed by atoms with Crippen LogP contribution in [-0.4, -0.2) is 24.4 Å². The highest BCUT2D eigenvalue weighted by molar-refractivity contribution is 6.17. The maximum absolute atomic E-state index is 12.2.